The summed E-state index contributed by atoms with van der Waals surface area (Å²) in [6.07, 6.45) is 1.96. The molecule has 0 unspecified atom stereocenters. The molecular formula is C11H14O2. The van der Waals surface area contributed by atoms with Gasteiger partial charge in [0.2, 0.25) is 0 Å². The molecule has 13 heavy (non-hydrogen) atoms. The Morgan fingerprint density at radius 2 is 1.92 bits per heavy atom. The SMILES string of the molecule is COCC(=Cc1ccccc1)OC. The smallest absolute Gasteiger partial charge is 0.122 e. The summed E-state index contributed by atoms with van der Waals surface area (Å²) in [6, 6.07) is 10.0. The maximum absolute atomic E-state index is 5.13. The van der Waals surface area contributed by atoms with Crippen molar-refractivity contribution in [3.63, 3.8) is 0 Å². The van der Waals surface area contributed by atoms with Crippen LogP contribution >= 0.6 is 0 Å². The van der Waals surface area contributed by atoms with E-state index >= 15 is 0 Å². The number of benzene rings is 1. The third-order valence-corrected chi connectivity index (χ3v) is 1.68. The Bertz CT molecular complexity index is 265. The Morgan fingerprint density at radius 3 is 2.46 bits per heavy atom. The standard InChI is InChI=1S/C11H14O2/c1-12-9-11(13-2)8-10-6-4-3-5-7-10/h3-8H,9H2,1-2H3. The van der Waals surface area contributed by atoms with Gasteiger partial charge in [-0.15, -0.1) is 0 Å². The molecule has 0 aromatic heterocycles. The van der Waals surface area contributed by atoms with E-state index in [9.17, 15) is 0 Å². The monoisotopic (exact) mass is 178 g/mol. The van der Waals surface area contributed by atoms with Crippen molar-refractivity contribution in [3.8, 4) is 0 Å². The van der Waals surface area contributed by atoms with Crippen LogP contribution in [0.3, 0.4) is 0 Å². The molecule has 70 valence electrons. The van der Waals surface area contributed by atoms with Crippen LogP contribution < -0.4 is 0 Å². The van der Waals surface area contributed by atoms with Crippen LogP contribution in [0, 0.1) is 0 Å². The lowest BCUT2D eigenvalue weighted by atomic mass is 10.2. The Hall–Kier alpha value is -1.28. The van der Waals surface area contributed by atoms with Gasteiger partial charge in [-0.3, -0.25) is 0 Å². The minimum atomic E-state index is 0.505. The maximum Gasteiger partial charge on any atom is 0.122 e. The van der Waals surface area contributed by atoms with Crippen LogP contribution in [-0.4, -0.2) is 20.8 Å². The second-order valence-electron chi connectivity index (χ2n) is 2.66. The van der Waals surface area contributed by atoms with Gasteiger partial charge >= 0.3 is 0 Å². The average Bonchev–Trinajstić information content (AvgIpc) is 2.19. The Labute approximate surface area is 78.8 Å². The van der Waals surface area contributed by atoms with Crippen molar-refractivity contribution in [2.45, 2.75) is 0 Å². The molecule has 0 atom stereocenters. The van der Waals surface area contributed by atoms with E-state index in [1.54, 1.807) is 14.2 Å². The van der Waals surface area contributed by atoms with E-state index in [-0.39, 0.29) is 0 Å². The highest BCUT2D eigenvalue weighted by Gasteiger charge is 1.94. The highest BCUT2D eigenvalue weighted by Crippen LogP contribution is 2.06. The molecule has 0 saturated heterocycles. The molecule has 0 saturated carbocycles. The molecule has 2 nitrogen and oxygen atoms in total. The second-order valence-corrected chi connectivity index (χ2v) is 2.66. The molecule has 0 fully saturated rings. The van der Waals surface area contributed by atoms with E-state index in [0.29, 0.717) is 6.61 Å². The zero-order chi connectivity index (χ0) is 9.52. The summed E-state index contributed by atoms with van der Waals surface area (Å²) in [5, 5.41) is 0. The fourth-order valence-corrected chi connectivity index (χ4v) is 1.04. The Kier molecular flexibility index (Phi) is 4.06. The predicted molar refractivity (Wildman–Crippen MR) is 53.3 cm³/mol. The molecular weight excluding hydrogens is 164 g/mol. The summed E-state index contributed by atoms with van der Waals surface area (Å²) in [7, 11) is 3.30. The fraction of sp³-hybridized carbons (Fsp3) is 0.273. The highest BCUT2D eigenvalue weighted by molar-refractivity contribution is 5.51. The molecule has 0 bridgehead atoms. The first kappa shape index (κ1) is 9.81. The van der Waals surface area contributed by atoms with Crippen molar-refractivity contribution in [2.75, 3.05) is 20.8 Å². The minimum absolute atomic E-state index is 0.505. The zero-order valence-corrected chi connectivity index (χ0v) is 7.99. The van der Waals surface area contributed by atoms with Crippen LogP contribution in [0.4, 0.5) is 0 Å². The topological polar surface area (TPSA) is 18.5 Å². The first-order valence-electron chi connectivity index (χ1n) is 4.15. The van der Waals surface area contributed by atoms with Gasteiger partial charge in [0, 0.05) is 7.11 Å². The Morgan fingerprint density at radius 1 is 1.23 bits per heavy atom. The van der Waals surface area contributed by atoms with Crippen molar-refractivity contribution in [3.05, 3.63) is 41.7 Å². The van der Waals surface area contributed by atoms with Crippen LogP contribution in [0.15, 0.2) is 36.1 Å². The molecule has 0 aliphatic rings. The third kappa shape index (κ3) is 3.30. The van der Waals surface area contributed by atoms with Gasteiger partial charge in [0.1, 0.15) is 12.4 Å². The number of rotatable bonds is 4. The van der Waals surface area contributed by atoms with Crippen LogP contribution in [0.25, 0.3) is 6.08 Å². The zero-order valence-electron chi connectivity index (χ0n) is 7.99. The van der Waals surface area contributed by atoms with E-state index < -0.39 is 0 Å². The summed E-state index contributed by atoms with van der Waals surface area (Å²) in [6.45, 7) is 0.505. The van der Waals surface area contributed by atoms with Crippen LogP contribution in [0.1, 0.15) is 5.56 Å². The molecule has 1 aromatic carbocycles. The second kappa shape index (κ2) is 5.38. The van der Waals surface area contributed by atoms with Gasteiger partial charge in [0.15, 0.2) is 0 Å². The van der Waals surface area contributed by atoms with Gasteiger partial charge < -0.3 is 9.47 Å². The van der Waals surface area contributed by atoms with Crippen LogP contribution in [0.2, 0.25) is 0 Å². The van der Waals surface area contributed by atoms with Gasteiger partial charge in [0.05, 0.1) is 7.11 Å². The van der Waals surface area contributed by atoms with Crippen LogP contribution in [0.5, 0.6) is 0 Å². The minimum Gasteiger partial charge on any atom is -0.499 e. The summed E-state index contributed by atoms with van der Waals surface area (Å²) in [4.78, 5) is 0. The summed E-state index contributed by atoms with van der Waals surface area (Å²) in [5.41, 5.74) is 1.12. The molecule has 1 rings (SSSR count). The fourth-order valence-electron chi connectivity index (χ4n) is 1.04. The molecule has 0 N–H and O–H groups in total. The highest BCUT2D eigenvalue weighted by atomic mass is 16.5. The van der Waals surface area contributed by atoms with E-state index in [4.69, 9.17) is 9.47 Å². The first-order valence-corrected chi connectivity index (χ1v) is 4.15. The maximum atomic E-state index is 5.13. The number of methoxy groups -OCH3 is 2. The average molecular weight is 178 g/mol. The van der Waals surface area contributed by atoms with E-state index in [2.05, 4.69) is 0 Å². The largest absolute Gasteiger partial charge is 0.499 e. The van der Waals surface area contributed by atoms with Crippen molar-refractivity contribution >= 4 is 6.08 Å². The van der Waals surface area contributed by atoms with Crippen molar-refractivity contribution in [1.82, 2.24) is 0 Å². The van der Waals surface area contributed by atoms with E-state index in [1.807, 2.05) is 36.4 Å². The lowest BCUT2D eigenvalue weighted by molar-refractivity contribution is 0.161. The first-order chi connectivity index (χ1) is 6.36. The van der Waals surface area contributed by atoms with Crippen molar-refractivity contribution in [1.29, 1.82) is 0 Å². The third-order valence-electron chi connectivity index (χ3n) is 1.68. The van der Waals surface area contributed by atoms with E-state index in [1.165, 1.54) is 0 Å². The van der Waals surface area contributed by atoms with Crippen LogP contribution in [-0.2, 0) is 9.47 Å². The lowest BCUT2D eigenvalue weighted by Crippen LogP contribution is -1.96. The normalized spacial score (nSPS) is 11.4. The molecule has 0 amide bonds. The van der Waals surface area contributed by atoms with Gasteiger partial charge in [0.25, 0.3) is 0 Å². The van der Waals surface area contributed by atoms with Crippen molar-refractivity contribution in [2.24, 2.45) is 0 Å². The molecule has 0 heterocycles. The van der Waals surface area contributed by atoms with Gasteiger partial charge in [-0.05, 0) is 11.6 Å². The quantitative estimate of drug-likeness (QED) is 0.659. The summed E-state index contributed by atoms with van der Waals surface area (Å²) in [5.74, 6) is 0.828. The van der Waals surface area contributed by atoms with E-state index in [0.717, 1.165) is 11.3 Å². The Balaban J connectivity index is 2.73. The molecule has 0 aliphatic carbocycles. The molecule has 0 aliphatic heterocycles. The number of hydrogen-bond acceptors (Lipinski definition) is 2. The molecule has 2 heteroatoms. The predicted octanol–water partition coefficient (Wildman–Crippen LogP) is 2.32. The summed E-state index contributed by atoms with van der Waals surface area (Å²) >= 11 is 0. The van der Waals surface area contributed by atoms with Crippen molar-refractivity contribution < 1.29 is 9.47 Å². The van der Waals surface area contributed by atoms with Gasteiger partial charge in [-0.2, -0.15) is 0 Å². The molecule has 0 spiro atoms. The number of ether oxygens (including phenoxy) is 2. The number of hydrogen-bond donors (Lipinski definition) is 0. The summed E-state index contributed by atoms with van der Waals surface area (Å²) < 4.78 is 10.1. The molecule has 0 radical (unpaired) electrons. The van der Waals surface area contributed by atoms with Gasteiger partial charge in [-0.1, -0.05) is 30.3 Å². The molecule has 1 aromatic rings. The lowest BCUT2D eigenvalue weighted by Gasteiger charge is -2.04. The van der Waals surface area contributed by atoms with Gasteiger partial charge in [-0.25, -0.2) is 0 Å².